The second-order valence-corrected chi connectivity index (χ2v) is 6.15. The van der Waals surface area contributed by atoms with Crippen molar-refractivity contribution in [2.75, 3.05) is 19.6 Å². The number of aromatic nitrogens is 3. The fourth-order valence-electron chi connectivity index (χ4n) is 3.04. The number of H-pyrrole nitrogens is 1. The predicted octanol–water partition coefficient (Wildman–Crippen LogP) is 1.61. The molecular formula is C17H23N5O. The number of rotatable bonds is 5. The second-order valence-electron chi connectivity index (χ2n) is 6.15. The van der Waals surface area contributed by atoms with Gasteiger partial charge >= 0.3 is 0 Å². The maximum atomic E-state index is 12.1. The molecule has 1 unspecified atom stereocenters. The highest BCUT2D eigenvalue weighted by Gasteiger charge is 2.24. The van der Waals surface area contributed by atoms with E-state index in [4.69, 9.17) is 0 Å². The molecule has 1 aliphatic heterocycles. The number of nitrogens with one attached hydrogen (secondary N) is 2. The molecule has 2 aromatic rings. The van der Waals surface area contributed by atoms with Crippen molar-refractivity contribution >= 4 is 5.91 Å². The summed E-state index contributed by atoms with van der Waals surface area (Å²) >= 11 is 0. The van der Waals surface area contributed by atoms with Crippen LogP contribution in [-0.2, 0) is 11.3 Å². The fraction of sp³-hybridized carbons (Fsp3) is 0.471. The Bertz CT molecular complexity index is 639. The molecule has 2 N–H and O–H groups in total. The van der Waals surface area contributed by atoms with Crippen molar-refractivity contribution in [2.45, 2.75) is 32.2 Å². The molecule has 0 radical (unpaired) electrons. The topological polar surface area (TPSA) is 73.9 Å². The lowest BCUT2D eigenvalue weighted by atomic mass is 9.94. The van der Waals surface area contributed by atoms with Crippen LogP contribution >= 0.6 is 0 Å². The molecular weight excluding hydrogens is 290 g/mol. The van der Waals surface area contributed by atoms with Crippen molar-refractivity contribution in [2.24, 2.45) is 0 Å². The highest BCUT2D eigenvalue weighted by Crippen LogP contribution is 2.25. The van der Waals surface area contributed by atoms with Crippen LogP contribution in [0.3, 0.4) is 0 Å². The van der Waals surface area contributed by atoms with Gasteiger partial charge in [0, 0.05) is 24.4 Å². The average Bonchev–Trinajstić information content (AvgIpc) is 3.01. The van der Waals surface area contributed by atoms with Crippen LogP contribution in [0.4, 0.5) is 0 Å². The van der Waals surface area contributed by atoms with Gasteiger partial charge in [0.15, 0.2) is 0 Å². The van der Waals surface area contributed by atoms with Crippen molar-refractivity contribution < 1.29 is 4.79 Å². The molecule has 1 saturated heterocycles. The number of carbonyl (C=O) groups is 1. The summed E-state index contributed by atoms with van der Waals surface area (Å²) in [6.07, 6.45) is 3.98. The third-order valence-corrected chi connectivity index (χ3v) is 4.21. The van der Waals surface area contributed by atoms with E-state index in [1.807, 2.05) is 25.1 Å². The van der Waals surface area contributed by atoms with E-state index < -0.39 is 0 Å². The van der Waals surface area contributed by atoms with E-state index >= 15 is 0 Å². The van der Waals surface area contributed by atoms with Crippen molar-refractivity contribution in [1.82, 2.24) is 25.4 Å². The average molecular weight is 313 g/mol. The Morgan fingerprint density at radius 3 is 3.13 bits per heavy atom. The Labute approximate surface area is 136 Å². The minimum absolute atomic E-state index is 0.0505. The van der Waals surface area contributed by atoms with Gasteiger partial charge in [0.1, 0.15) is 0 Å². The maximum absolute atomic E-state index is 12.1. The van der Waals surface area contributed by atoms with Crippen LogP contribution in [-0.4, -0.2) is 45.6 Å². The van der Waals surface area contributed by atoms with E-state index in [0.717, 1.165) is 43.0 Å². The summed E-state index contributed by atoms with van der Waals surface area (Å²) in [6, 6.07) is 7.82. The lowest BCUT2D eigenvalue weighted by molar-refractivity contribution is -0.122. The smallest absolute Gasteiger partial charge is 0.234 e. The quantitative estimate of drug-likeness (QED) is 0.879. The van der Waals surface area contributed by atoms with Gasteiger partial charge in [-0.2, -0.15) is 5.10 Å². The standard InChI is InChI=1S/C17H23N5O/c1-13-9-16(21-20-13)14-5-4-8-22(11-14)12-17(23)19-10-15-6-2-3-7-18-15/h2-3,6-7,9,14H,4-5,8,10-12H2,1H3,(H,19,23)(H,20,21). The van der Waals surface area contributed by atoms with Crippen LogP contribution in [0.15, 0.2) is 30.5 Å². The predicted molar refractivity (Wildman–Crippen MR) is 87.8 cm³/mol. The van der Waals surface area contributed by atoms with Gasteiger partial charge in [-0.25, -0.2) is 0 Å². The van der Waals surface area contributed by atoms with Gasteiger partial charge in [-0.1, -0.05) is 6.07 Å². The van der Waals surface area contributed by atoms with Gasteiger partial charge in [0.25, 0.3) is 0 Å². The Balaban J connectivity index is 1.48. The first-order valence-electron chi connectivity index (χ1n) is 8.11. The molecule has 3 rings (SSSR count). The number of amides is 1. The monoisotopic (exact) mass is 313 g/mol. The van der Waals surface area contributed by atoms with Crippen molar-refractivity contribution in [3.63, 3.8) is 0 Å². The first kappa shape index (κ1) is 15.7. The van der Waals surface area contributed by atoms with E-state index in [0.29, 0.717) is 19.0 Å². The largest absolute Gasteiger partial charge is 0.349 e. The minimum Gasteiger partial charge on any atom is -0.349 e. The fourth-order valence-corrected chi connectivity index (χ4v) is 3.04. The number of hydrogen-bond donors (Lipinski definition) is 2. The zero-order chi connectivity index (χ0) is 16.1. The van der Waals surface area contributed by atoms with Gasteiger partial charge in [0.2, 0.25) is 5.91 Å². The number of piperidine rings is 1. The van der Waals surface area contributed by atoms with Crippen LogP contribution in [0.25, 0.3) is 0 Å². The van der Waals surface area contributed by atoms with Gasteiger partial charge in [-0.15, -0.1) is 0 Å². The number of hydrogen-bond acceptors (Lipinski definition) is 4. The number of pyridine rings is 1. The Hall–Kier alpha value is -2.21. The van der Waals surface area contributed by atoms with E-state index in [1.165, 1.54) is 0 Å². The van der Waals surface area contributed by atoms with Gasteiger partial charge < -0.3 is 5.32 Å². The second kappa shape index (κ2) is 7.37. The van der Waals surface area contributed by atoms with Crippen molar-refractivity contribution in [3.05, 3.63) is 47.5 Å². The third-order valence-electron chi connectivity index (χ3n) is 4.21. The summed E-state index contributed by atoms with van der Waals surface area (Å²) in [5, 5.41) is 10.3. The molecule has 1 fully saturated rings. The van der Waals surface area contributed by atoms with Gasteiger partial charge in [-0.05, 0) is 44.5 Å². The molecule has 1 atom stereocenters. The summed E-state index contributed by atoms with van der Waals surface area (Å²) < 4.78 is 0. The molecule has 0 aliphatic carbocycles. The van der Waals surface area contributed by atoms with Crippen LogP contribution in [0.5, 0.6) is 0 Å². The number of aromatic amines is 1. The molecule has 0 spiro atoms. The summed E-state index contributed by atoms with van der Waals surface area (Å²) in [5.41, 5.74) is 3.08. The summed E-state index contributed by atoms with van der Waals surface area (Å²) in [5.74, 6) is 0.465. The number of aryl methyl sites for hydroxylation is 1. The van der Waals surface area contributed by atoms with E-state index in [1.54, 1.807) is 6.20 Å². The van der Waals surface area contributed by atoms with Crippen molar-refractivity contribution in [3.8, 4) is 0 Å². The number of likely N-dealkylation sites (tertiary alicyclic amines) is 1. The van der Waals surface area contributed by atoms with Gasteiger partial charge in [-0.3, -0.25) is 19.8 Å². The van der Waals surface area contributed by atoms with Crippen molar-refractivity contribution in [1.29, 1.82) is 0 Å². The summed E-state index contributed by atoms with van der Waals surface area (Å²) in [7, 11) is 0. The maximum Gasteiger partial charge on any atom is 0.234 e. The molecule has 0 bridgehead atoms. The zero-order valence-corrected chi connectivity index (χ0v) is 13.5. The van der Waals surface area contributed by atoms with E-state index in [-0.39, 0.29) is 5.91 Å². The molecule has 1 aliphatic rings. The molecule has 2 aromatic heterocycles. The highest BCUT2D eigenvalue weighted by molar-refractivity contribution is 5.77. The first-order valence-corrected chi connectivity index (χ1v) is 8.11. The normalized spacial score (nSPS) is 18.7. The minimum atomic E-state index is 0.0505. The highest BCUT2D eigenvalue weighted by atomic mass is 16.2. The summed E-state index contributed by atoms with van der Waals surface area (Å²) in [6.45, 7) is 4.79. The Kier molecular flexibility index (Phi) is 5.02. The zero-order valence-electron chi connectivity index (χ0n) is 13.5. The van der Waals surface area contributed by atoms with E-state index in [2.05, 4.69) is 31.5 Å². The van der Waals surface area contributed by atoms with Gasteiger partial charge in [0.05, 0.1) is 24.5 Å². The molecule has 6 nitrogen and oxygen atoms in total. The Morgan fingerprint density at radius 2 is 2.39 bits per heavy atom. The molecule has 23 heavy (non-hydrogen) atoms. The lowest BCUT2D eigenvalue weighted by Crippen LogP contribution is -2.42. The molecule has 0 aromatic carbocycles. The lowest BCUT2D eigenvalue weighted by Gasteiger charge is -2.31. The molecule has 3 heterocycles. The van der Waals surface area contributed by atoms with E-state index in [9.17, 15) is 4.79 Å². The van der Waals surface area contributed by atoms with Crippen LogP contribution < -0.4 is 5.32 Å². The SMILES string of the molecule is Cc1cc(C2CCCN(CC(=O)NCc3ccccn3)C2)n[nH]1. The van der Waals surface area contributed by atoms with Crippen LogP contribution in [0.2, 0.25) is 0 Å². The number of carbonyl (C=O) groups excluding carboxylic acids is 1. The molecule has 1 amide bonds. The Morgan fingerprint density at radius 1 is 1.48 bits per heavy atom. The van der Waals surface area contributed by atoms with Crippen LogP contribution in [0, 0.1) is 6.92 Å². The summed E-state index contributed by atoms with van der Waals surface area (Å²) in [4.78, 5) is 18.6. The third kappa shape index (κ3) is 4.39. The molecule has 122 valence electrons. The molecule has 6 heteroatoms. The van der Waals surface area contributed by atoms with Crippen LogP contribution in [0.1, 0.15) is 35.8 Å². The molecule has 0 saturated carbocycles. The first-order chi connectivity index (χ1) is 11.2. The number of nitrogens with zero attached hydrogens (tertiary/aromatic N) is 3.